The number of aromatic nitrogens is 2. The third-order valence-electron chi connectivity index (χ3n) is 5.56. The Morgan fingerprint density at radius 2 is 2.04 bits per heavy atom. The minimum atomic E-state index is 0.268. The van der Waals surface area contributed by atoms with Gasteiger partial charge in [0, 0.05) is 38.8 Å². The highest BCUT2D eigenvalue weighted by atomic mass is 16.3. The lowest BCUT2D eigenvalue weighted by molar-refractivity contribution is 0.0507. The average molecular weight is 359 g/mol. The highest BCUT2D eigenvalue weighted by Gasteiger charge is 2.27. The number of imidazole rings is 1. The van der Waals surface area contributed by atoms with E-state index < -0.39 is 0 Å². The van der Waals surface area contributed by atoms with Gasteiger partial charge in [0.25, 0.3) is 0 Å². The fourth-order valence-electron chi connectivity index (χ4n) is 4.04. The topological polar surface area (TPSA) is 44.5 Å². The van der Waals surface area contributed by atoms with Crippen LogP contribution in [0.5, 0.6) is 0 Å². The molecule has 0 saturated carbocycles. The number of rotatable bonds is 8. The summed E-state index contributed by atoms with van der Waals surface area (Å²) in [6, 6.07) is 8.86. The predicted molar refractivity (Wildman–Crippen MR) is 107 cm³/mol. The fourth-order valence-corrected chi connectivity index (χ4v) is 4.04. The lowest BCUT2D eigenvalue weighted by Gasteiger charge is -2.41. The summed E-state index contributed by atoms with van der Waals surface area (Å²) in [6.45, 7) is 13.2. The normalized spacial score (nSPS) is 19.7. The van der Waals surface area contributed by atoms with Crippen LogP contribution in [0.2, 0.25) is 0 Å². The number of aliphatic hydroxyl groups is 1. The Balaban J connectivity index is 1.69. The maximum absolute atomic E-state index is 9.51. The number of nitrogens with zero attached hydrogens (tertiary/aromatic N) is 4. The van der Waals surface area contributed by atoms with Crippen LogP contribution in [0.1, 0.15) is 39.4 Å². The Labute approximate surface area is 157 Å². The number of aliphatic hydroxyl groups excluding tert-OH is 1. The average Bonchev–Trinajstić information content (AvgIpc) is 2.98. The minimum absolute atomic E-state index is 0.268. The van der Waals surface area contributed by atoms with Crippen LogP contribution in [-0.2, 0) is 13.1 Å². The van der Waals surface area contributed by atoms with E-state index in [1.165, 1.54) is 11.9 Å². The van der Waals surface area contributed by atoms with Crippen molar-refractivity contribution in [3.8, 4) is 0 Å². The van der Waals surface area contributed by atoms with E-state index in [0.717, 1.165) is 62.9 Å². The number of para-hydroxylation sites is 2. The first-order valence-electron chi connectivity index (χ1n) is 10.1. The largest absolute Gasteiger partial charge is 0.396 e. The molecule has 1 aromatic carbocycles. The van der Waals surface area contributed by atoms with Crippen molar-refractivity contribution in [2.24, 2.45) is 5.92 Å². The molecule has 5 nitrogen and oxygen atoms in total. The first-order valence-corrected chi connectivity index (χ1v) is 10.1. The van der Waals surface area contributed by atoms with Gasteiger partial charge in [-0.3, -0.25) is 9.80 Å². The second kappa shape index (κ2) is 8.98. The summed E-state index contributed by atoms with van der Waals surface area (Å²) in [4.78, 5) is 9.98. The van der Waals surface area contributed by atoms with Crippen LogP contribution in [0.15, 0.2) is 24.3 Å². The molecular formula is C21H34N4O. The summed E-state index contributed by atoms with van der Waals surface area (Å²) in [7, 11) is 0. The molecule has 0 bridgehead atoms. The van der Waals surface area contributed by atoms with Crippen LogP contribution in [-0.4, -0.2) is 63.3 Å². The first-order chi connectivity index (χ1) is 12.6. The van der Waals surface area contributed by atoms with Crippen molar-refractivity contribution in [3.05, 3.63) is 30.1 Å². The van der Waals surface area contributed by atoms with Crippen LogP contribution in [0.25, 0.3) is 11.0 Å². The number of hydrogen-bond acceptors (Lipinski definition) is 4. The second-order valence-corrected chi connectivity index (χ2v) is 7.88. The third-order valence-corrected chi connectivity index (χ3v) is 5.56. The number of benzene rings is 1. The van der Waals surface area contributed by atoms with Gasteiger partial charge in [-0.15, -0.1) is 0 Å². The van der Waals surface area contributed by atoms with Gasteiger partial charge in [0.15, 0.2) is 0 Å². The minimum Gasteiger partial charge on any atom is -0.396 e. The van der Waals surface area contributed by atoms with E-state index in [1.54, 1.807) is 0 Å². The molecule has 26 heavy (non-hydrogen) atoms. The summed E-state index contributed by atoms with van der Waals surface area (Å²) < 4.78 is 2.33. The molecular weight excluding hydrogens is 324 g/mol. The monoisotopic (exact) mass is 358 g/mol. The number of fused-ring (bicyclic) bond motifs is 1. The molecule has 1 aliphatic heterocycles. The van der Waals surface area contributed by atoms with E-state index in [-0.39, 0.29) is 6.61 Å². The molecule has 1 saturated heterocycles. The van der Waals surface area contributed by atoms with Crippen molar-refractivity contribution >= 4 is 11.0 Å². The Bertz CT molecular complexity index is 696. The molecule has 1 aliphatic rings. The van der Waals surface area contributed by atoms with Crippen LogP contribution < -0.4 is 0 Å². The highest BCUT2D eigenvalue weighted by molar-refractivity contribution is 5.75. The Hall–Kier alpha value is -1.43. The van der Waals surface area contributed by atoms with E-state index in [0.29, 0.717) is 6.04 Å². The lowest BCUT2D eigenvalue weighted by Crippen LogP contribution is -2.53. The van der Waals surface area contributed by atoms with Crippen molar-refractivity contribution in [1.29, 1.82) is 0 Å². The summed E-state index contributed by atoms with van der Waals surface area (Å²) in [6.07, 6.45) is 2.09. The molecule has 144 valence electrons. The number of piperazine rings is 1. The molecule has 5 heteroatoms. The first kappa shape index (κ1) is 19.3. The molecule has 1 fully saturated rings. The maximum Gasteiger partial charge on any atom is 0.124 e. The standard InChI is InChI=1S/C21H34N4O/c1-4-25-20-8-6-5-7-19(20)22-21(25)16-23-12-13-24(11-9-17(2)3)18(15-23)10-14-26/h5-8,17-18,26H,4,9-16H2,1-3H3/t18-/m0/s1. The van der Waals surface area contributed by atoms with Crippen LogP contribution >= 0.6 is 0 Å². The maximum atomic E-state index is 9.51. The van der Waals surface area contributed by atoms with Gasteiger partial charge in [-0.05, 0) is 44.4 Å². The molecule has 1 atom stereocenters. The zero-order valence-corrected chi connectivity index (χ0v) is 16.6. The Morgan fingerprint density at radius 3 is 2.77 bits per heavy atom. The Morgan fingerprint density at radius 1 is 1.23 bits per heavy atom. The second-order valence-electron chi connectivity index (χ2n) is 7.88. The molecule has 0 aliphatic carbocycles. The smallest absolute Gasteiger partial charge is 0.124 e. The molecule has 0 radical (unpaired) electrons. The predicted octanol–water partition coefficient (Wildman–Crippen LogP) is 2.97. The fraction of sp³-hybridized carbons (Fsp3) is 0.667. The third kappa shape index (κ3) is 4.45. The van der Waals surface area contributed by atoms with Crippen LogP contribution in [0.3, 0.4) is 0 Å². The van der Waals surface area contributed by atoms with Crippen molar-refractivity contribution in [1.82, 2.24) is 19.4 Å². The van der Waals surface area contributed by atoms with Crippen LogP contribution in [0, 0.1) is 5.92 Å². The van der Waals surface area contributed by atoms with Gasteiger partial charge in [0.05, 0.1) is 17.6 Å². The van der Waals surface area contributed by atoms with E-state index in [4.69, 9.17) is 4.98 Å². The molecule has 3 rings (SSSR count). The van der Waals surface area contributed by atoms with Gasteiger partial charge < -0.3 is 9.67 Å². The van der Waals surface area contributed by atoms with E-state index in [1.807, 2.05) is 0 Å². The molecule has 1 aromatic heterocycles. The number of hydrogen-bond donors (Lipinski definition) is 1. The van der Waals surface area contributed by atoms with E-state index in [9.17, 15) is 5.11 Å². The summed E-state index contributed by atoms with van der Waals surface area (Å²) >= 11 is 0. The molecule has 0 spiro atoms. The molecule has 0 amide bonds. The lowest BCUT2D eigenvalue weighted by atomic mass is 10.1. The van der Waals surface area contributed by atoms with E-state index >= 15 is 0 Å². The SMILES string of the molecule is CCn1c(CN2CCN(CCC(C)C)[C@@H](CCO)C2)nc2ccccc21. The quantitative estimate of drug-likeness (QED) is 0.788. The van der Waals surface area contributed by atoms with Crippen molar-refractivity contribution in [2.45, 2.75) is 52.7 Å². The molecule has 1 N–H and O–H groups in total. The van der Waals surface area contributed by atoms with Crippen molar-refractivity contribution in [2.75, 3.05) is 32.8 Å². The highest BCUT2D eigenvalue weighted by Crippen LogP contribution is 2.20. The zero-order chi connectivity index (χ0) is 18.5. The van der Waals surface area contributed by atoms with Crippen molar-refractivity contribution < 1.29 is 5.11 Å². The molecule has 2 aromatic rings. The van der Waals surface area contributed by atoms with Gasteiger partial charge >= 0.3 is 0 Å². The zero-order valence-electron chi connectivity index (χ0n) is 16.6. The number of aryl methyl sites for hydroxylation is 1. The van der Waals surface area contributed by atoms with Gasteiger partial charge in [0.1, 0.15) is 5.82 Å². The van der Waals surface area contributed by atoms with Gasteiger partial charge in [-0.2, -0.15) is 0 Å². The van der Waals surface area contributed by atoms with Gasteiger partial charge in [-0.25, -0.2) is 4.98 Å². The summed E-state index contributed by atoms with van der Waals surface area (Å²) in [5.41, 5.74) is 2.32. The van der Waals surface area contributed by atoms with E-state index in [2.05, 4.69) is 59.4 Å². The van der Waals surface area contributed by atoms with Crippen LogP contribution in [0.4, 0.5) is 0 Å². The Kier molecular flexibility index (Phi) is 6.68. The molecule has 0 unspecified atom stereocenters. The summed E-state index contributed by atoms with van der Waals surface area (Å²) in [5.74, 6) is 1.89. The van der Waals surface area contributed by atoms with Crippen molar-refractivity contribution in [3.63, 3.8) is 0 Å². The van der Waals surface area contributed by atoms with Gasteiger partial charge in [-0.1, -0.05) is 26.0 Å². The summed E-state index contributed by atoms with van der Waals surface area (Å²) in [5, 5.41) is 9.51. The molecule has 2 heterocycles. The van der Waals surface area contributed by atoms with Gasteiger partial charge in [0.2, 0.25) is 0 Å².